The second-order valence-electron chi connectivity index (χ2n) is 23.6. The Labute approximate surface area is 543 Å². The van der Waals surface area contributed by atoms with Crippen molar-refractivity contribution in [2.75, 3.05) is 26.4 Å². The third-order valence-electron chi connectivity index (χ3n) is 16.0. The van der Waals surface area contributed by atoms with Crippen LogP contribution >= 0.6 is 0 Å². The number of ether oxygens (including phenoxy) is 6. The maximum absolute atomic E-state index is 13.3. The summed E-state index contributed by atoms with van der Waals surface area (Å²) in [6.45, 7) is 1.52. The highest BCUT2D eigenvalue weighted by Crippen LogP contribution is 2.33. The molecule has 518 valence electrons. The first-order valence-corrected chi connectivity index (χ1v) is 33.9. The van der Waals surface area contributed by atoms with E-state index in [9.17, 15) is 61.0 Å². The van der Waals surface area contributed by atoms with Crippen molar-refractivity contribution in [2.24, 2.45) is 0 Å². The van der Waals surface area contributed by atoms with Gasteiger partial charge in [-0.2, -0.15) is 0 Å². The third kappa shape index (κ3) is 34.3. The number of hydrogen-bond donors (Lipinski definition) is 12. The summed E-state index contributed by atoms with van der Waals surface area (Å²) in [6.07, 6.45) is 46.3. The van der Waals surface area contributed by atoms with E-state index in [2.05, 4.69) is 153 Å². The second-order valence-corrected chi connectivity index (χ2v) is 23.6. The van der Waals surface area contributed by atoms with Gasteiger partial charge in [0, 0.05) is 6.42 Å². The molecule has 3 aliphatic heterocycles. The number of carbonyl (C=O) groups excluding carboxylic acids is 1. The van der Waals surface area contributed by atoms with Crippen LogP contribution in [0.15, 0.2) is 134 Å². The molecule has 17 atom stereocenters. The molecule has 0 aromatic rings. The first-order valence-electron chi connectivity index (χ1n) is 33.9. The molecule has 0 spiro atoms. The number of rotatable bonds is 49. The molecule has 0 aliphatic carbocycles. The quantitative estimate of drug-likeness (QED) is 0.0200. The molecule has 3 fully saturated rings. The van der Waals surface area contributed by atoms with Crippen molar-refractivity contribution in [3.8, 4) is 0 Å². The lowest BCUT2D eigenvalue weighted by Gasteiger charge is -2.48. The van der Waals surface area contributed by atoms with E-state index in [-0.39, 0.29) is 18.9 Å². The number of allylic oxidation sites excluding steroid dienone is 22. The minimum atomic E-state index is -1.98. The van der Waals surface area contributed by atoms with Crippen LogP contribution in [0.4, 0.5) is 0 Å². The molecular weight excluding hydrogens is 1170 g/mol. The minimum absolute atomic E-state index is 0.243. The van der Waals surface area contributed by atoms with Gasteiger partial charge in [-0.1, -0.05) is 212 Å². The lowest BCUT2D eigenvalue weighted by atomic mass is 9.96. The standard InChI is InChI=1S/C72H117NO18/c1-3-5-7-9-10-11-12-13-14-15-16-17-18-19-20-21-22-23-24-25-26-27-28-29-30-31-32-33-34-35-36-37-38-39-40-41-42-43-44-46-48-50-60(78)73-55(56(77)49-47-45-8-6-4-2)54-86-70-66(84)63(81)68(58(52-75)88-70)91-72-67(85)64(82)69(59(53-76)89-72)90-71-65(83)62(80)61(79)57(51-74)87-71/h5,7,10-11,13-14,16-17,19-20,22-23,25-26,28-29,31-32,34-35,37-38,55-59,61-72,74-77,79-85H,3-4,6,8-9,12,15,18,21,24,27,30,33,36,39-54H2,1-2H3,(H,73,78)/b7-5-,11-10-,14-13-,17-16-,20-19-,23-22-,26-25-,29-28-,32-31-,35-34-,38-37-. The second kappa shape index (κ2) is 52.2. The molecule has 3 heterocycles. The normalized spacial score (nSPS) is 28.7. The van der Waals surface area contributed by atoms with Crippen LogP contribution < -0.4 is 5.32 Å². The highest BCUT2D eigenvalue weighted by molar-refractivity contribution is 5.76. The average molecular weight is 1280 g/mol. The number of aliphatic hydroxyl groups excluding tert-OH is 11. The zero-order valence-corrected chi connectivity index (χ0v) is 54.5. The molecule has 0 bridgehead atoms. The summed E-state index contributed by atoms with van der Waals surface area (Å²) >= 11 is 0. The van der Waals surface area contributed by atoms with Crippen molar-refractivity contribution in [2.45, 2.75) is 285 Å². The Morgan fingerprint density at radius 3 is 1.19 bits per heavy atom. The van der Waals surface area contributed by atoms with Crippen molar-refractivity contribution in [1.82, 2.24) is 5.32 Å². The van der Waals surface area contributed by atoms with E-state index in [1.165, 1.54) is 0 Å². The molecule has 19 heteroatoms. The topological polar surface area (TPSA) is 307 Å². The summed E-state index contributed by atoms with van der Waals surface area (Å²) in [6, 6.07) is -0.898. The van der Waals surface area contributed by atoms with Gasteiger partial charge >= 0.3 is 0 Å². The molecule has 19 nitrogen and oxygen atoms in total. The molecule has 0 aromatic heterocycles. The van der Waals surface area contributed by atoms with Crippen molar-refractivity contribution in [3.05, 3.63) is 134 Å². The fraction of sp³-hybridized carbons (Fsp3) is 0.681. The summed E-state index contributed by atoms with van der Waals surface area (Å²) in [4.78, 5) is 13.3. The molecule has 0 saturated carbocycles. The lowest BCUT2D eigenvalue weighted by molar-refractivity contribution is -0.379. The Morgan fingerprint density at radius 1 is 0.407 bits per heavy atom. The minimum Gasteiger partial charge on any atom is -0.394 e. The molecule has 12 N–H and O–H groups in total. The number of amides is 1. The smallest absolute Gasteiger partial charge is 0.220 e. The molecule has 3 saturated heterocycles. The SMILES string of the molecule is CC/C=C\C/C=C\C/C=C\C/C=C\C/C=C\C/C=C\C/C=C\C/C=C\C/C=C\C/C=C\C/C=C\CCCCCCCCCC(=O)NC(COC1OC(CO)C(OC2OC(CO)C(OC3OC(CO)C(O)C(O)C3O)C(O)C2O)C(O)C1O)C(O)CCCCCCC. The average Bonchev–Trinajstić information content (AvgIpc) is 0.864. The van der Waals surface area contributed by atoms with Gasteiger partial charge in [-0.3, -0.25) is 4.79 Å². The van der Waals surface area contributed by atoms with Crippen LogP contribution in [0, 0.1) is 0 Å². The number of aliphatic hydroxyl groups is 11. The van der Waals surface area contributed by atoms with E-state index in [4.69, 9.17) is 28.4 Å². The van der Waals surface area contributed by atoms with Gasteiger partial charge in [0.2, 0.25) is 5.91 Å². The van der Waals surface area contributed by atoms with E-state index in [1.807, 2.05) is 0 Å². The Balaban J connectivity index is 1.27. The fourth-order valence-electron chi connectivity index (χ4n) is 10.5. The zero-order valence-electron chi connectivity index (χ0n) is 54.5. The summed E-state index contributed by atoms with van der Waals surface area (Å²) in [7, 11) is 0. The Morgan fingerprint density at radius 2 is 0.758 bits per heavy atom. The van der Waals surface area contributed by atoms with Crippen LogP contribution in [0.3, 0.4) is 0 Å². The van der Waals surface area contributed by atoms with Gasteiger partial charge < -0.3 is 89.9 Å². The molecule has 1 amide bonds. The molecule has 3 aliphatic rings. The lowest BCUT2D eigenvalue weighted by Crippen LogP contribution is -2.66. The predicted molar refractivity (Wildman–Crippen MR) is 355 cm³/mol. The first kappa shape index (κ1) is 81.2. The summed E-state index contributed by atoms with van der Waals surface area (Å²) < 4.78 is 34.1. The highest BCUT2D eigenvalue weighted by Gasteiger charge is 2.53. The molecule has 91 heavy (non-hydrogen) atoms. The molecule has 17 unspecified atom stereocenters. The van der Waals surface area contributed by atoms with Gasteiger partial charge in [-0.05, 0) is 96.3 Å². The summed E-state index contributed by atoms with van der Waals surface area (Å²) in [5, 5.41) is 120. The van der Waals surface area contributed by atoms with Gasteiger partial charge in [-0.25, -0.2) is 0 Å². The van der Waals surface area contributed by atoms with E-state index in [1.54, 1.807) is 0 Å². The van der Waals surface area contributed by atoms with Crippen LogP contribution in [-0.2, 0) is 33.2 Å². The largest absolute Gasteiger partial charge is 0.394 e. The maximum Gasteiger partial charge on any atom is 0.220 e. The van der Waals surface area contributed by atoms with Gasteiger partial charge in [0.05, 0.1) is 38.6 Å². The van der Waals surface area contributed by atoms with Crippen molar-refractivity contribution < 1.29 is 89.4 Å². The highest BCUT2D eigenvalue weighted by atomic mass is 16.8. The Kier molecular flexibility index (Phi) is 46.6. The fourth-order valence-corrected chi connectivity index (χ4v) is 10.5. The van der Waals surface area contributed by atoms with E-state index in [0.29, 0.717) is 19.3 Å². The number of hydrogen-bond acceptors (Lipinski definition) is 18. The van der Waals surface area contributed by atoms with Gasteiger partial charge in [0.25, 0.3) is 0 Å². The van der Waals surface area contributed by atoms with Crippen LogP contribution in [0.2, 0.25) is 0 Å². The number of carbonyl (C=O) groups is 1. The van der Waals surface area contributed by atoms with E-state index < -0.39 is 124 Å². The van der Waals surface area contributed by atoms with Crippen molar-refractivity contribution >= 4 is 5.91 Å². The van der Waals surface area contributed by atoms with Gasteiger partial charge in [0.1, 0.15) is 73.2 Å². The molecule has 0 aromatic carbocycles. The number of nitrogens with one attached hydrogen (secondary N) is 1. The third-order valence-corrected chi connectivity index (χ3v) is 16.0. The Hall–Kier alpha value is -4.07. The van der Waals surface area contributed by atoms with Crippen LogP contribution in [0.25, 0.3) is 0 Å². The monoisotopic (exact) mass is 1280 g/mol. The van der Waals surface area contributed by atoms with Gasteiger partial charge in [0.15, 0.2) is 18.9 Å². The maximum atomic E-state index is 13.3. The van der Waals surface area contributed by atoms with Gasteiger partial charge in [-0.15, -0.1) is 0 Å². The van der Waals surface area contributed by atoms with Crippen molar-refractivity contribution in [1.29, 1.82) is 0 Å². The van der Waals surface area contributed by atoms with E-state index >= 15 is 0 Å². The number of unbranched alkanes of at least 4 members (excludes halogenated alkanes) is 11. The van der Waals surface area contributed by atoms with Crippen LogP contribution in [0.1, 0.15) is 181 Å². The first-order chi connectivity index (χ1) is 44.3. The predicted octanol–water partition coefficient (Wildman–Crippen LogP) is 8.60. The zero-order chi connectivity index (χ0) is 66.1. The molecule has 3 rings (SSSR count). The van der Waals surface area contributed by atoms with E-state index in [0.717, 1.165) is 141 Å². The summed E-state index contributed by atoms with van der Waals surface area (Å²) in [5.41, 5.74) is 0. The molecular formula is C72H117NO18. The Bertz CT molecular complexity index is 2170. The van der Waals surface area contributed by atoms with Crippen molar-refractivity contribution in [3.63, 3.8) is 0 Å². The molecule has 0 radical (unpaired) electrons. The van der Waals surface area contributed by atoms with Crippen LogP contribution in [0.5, 0.6) is 0 Å². The van der Waals surface area contributed by atoms with Crippen LogP contribution in [-0.4, -0.2) is 193 Å². The summed E-state index contributed by atoms with van der Waals surface area (Å²) in [5.74, 6) is -0.268.